The molecule has 0 saturated carbocycles. The highest BCUT2D eigenvalue weighted by Gasteiger charge is 2.12. The van der Waals surface area contributed by atoms with Crippen LogP contribution in [0.15, 0.2) is 36.4 Å². The van der Waals surface area contributed by atoms with Crippen LogP contribution >= 0.6 is 0 Å². The summed E-state index contributed by atoms with van der Waals surface area (Å²) in [7, 11) is 1.71. The van der Waals surface area contributed by atoms with Crippen molar-refractivity contribution in [3.05, 3.63) is 64.2 Å². The summed E-state index contributed by atoms with van der Waals surface area (Å²) in [5.41, 5.74) is 12.7. The van der Waals surface area contributed by atoms with Crippen LogP contribution in [0, 0.1) is 20.8 Å². The highest BCUT2D eigenvalue weighted by Crippen LogP contribution is 2.28. The molecule has 0 aromatic heterocycles. The molecule has 0 bridgehead atoms. The predicted molar refractivity (Wildman–Crippen MR) is 88.9 cm³/mol. The molecular formula is C19H25NO. The quantitative estimate of drug-likeness (QED) is 0.890. The molecule has 2 nitrogen and oxygen atoms in total. The summed E-state index contributed by atoms with van der Waals surface area (Å²) >= 11 is 0. The van der Waals surface area contributed by atoms with Crippen LogP contribution in [-0.4, -0.2) is 7.11 Å². The third-order valence-electron chi connectivity index (χ3n) is 4.17. The molecule has 2 rings (SSSR count). The molecule has 0 aliphatic carbocycles. The fraction of sp³-hybridized carbons (Fsp3) is 0.368. The first-order valence-corrected chi connectivity index (χ1v) is 7.48. The molecule has 0 fully saturated rings. The van der Waals surface area contributed by atoms with Gasteiger partial charge < -0.3 is 10.5 Å². The largest absolute Gasteiger partial charge is 0.496 e. The van der Waals surface area contributed by atoms with Crippen LogP contribution in [0.4, 0.5) is 0 Å². The zero-order valence-corrected chi connectivity index (χ0v) is 13.4. The van der Waals surface area contributed by atoms with Crippen molar-refractivity contribution >= 4 is 0 Å². The molecular weight excluding hydrogens is 258 g/mol. The number of rotatable bonds is 5. The van der Waals surface area contributed by atoms with Gasteiger partial charge in [0, 0.05) is 6.04 Å². The van der Waals surface area contributed by atoms with Crippen molar-refractivity contribution < 1.29 is 4.74 Å². The lowest BCUT2D eigenvalue weighted by molar-refractivity contribution is 0.411. The SMILES string of the molecule is COc1cc(C)c(C(N)CCc2ccccc2C)cc1C. The van der Waals surface area contributed by atoms with Gasteiger partial charge in [0.2, 0.25) is 0 Å². The second kappa shape index (κ2) is 6.77. The van der Waals surface area contributed by atoms with Gasteiger partial charge in [-0.05, 0) is 67.5 Å². The number of hydrogen-bond donors (Lipinski definition) is 1. The van der Waals surface area contributed by atoms with E-state index in [9.17, 15) is 0 Å². The fourth-order valence-electron chi connectivity index (χ4n) is 2.79. The number of ether oxygens (including phenoxy) is 1. The van der Waals surface area contributed by atoms with Crippen LogP contribution in [0.5, 0.6) is 5.75 Å². The summed E-state index contributed by atoms with van der Waals surface area (Å²) in [5.74, 6) is 0.933. The van der Waals surface area contributed by atoms with E-state index in [2.05, 4.69) is 57.2 Å². The second-order valence-electron chi connectivity index (χ2n) is 5.75. The summed E-state index contributed by atoms with van der Waals surface area (Å²) in [4.78, 5) is 0. The van der Waals surface area contributed by atoms with Crippen LogP contribution in [0.3, 0.4) is 0 Å². The van der Waals surface area contributed by atoms with E-state index in [0.717, 1.165) is 24.2 Å². The summed E-state index contributed by atoms with van der Waals surface area (Å²) in [6, 6.07) is 12.8. The van der Waals surface area contributed by atoms with Crippen LogP contribution in [-0.2, 0) is 6.42 Å². The van der Waals surface area contributed by atoms with Crippen molar-refractivity contribution in [3.63, 3.8) is 0 Å². The van der Waals surface area contributed by atoms with Gasteiger partial charge in [0.1, 0.15) is 5.75 Å². The zero-order chi connectivity index (χ0) is 15.4. The molecule has 0 radical (unpaired) electrons. The van der Waals surface area contributed by atoms with E-state index in [4.69, 9.17) is 10.5 Å². The minimum absolute atomic E-state index is 0.0641. The first kappa shape index (κ1) is 15.6. The number of aryl methyl sites for hydroxylation is 4. The van der Waals surface area contributed by atoms with Gasteiger partial charge in [0.25, 0.3) is 0 Å². The van der Waals surface area contributed by atoms with Gasteiger partial charge in [0.05, 0.1) is 7.11 Å². The average Bonchev–Trinajstić information content (AvgIpc) is 2.48. The number of methoxy groups -OCH3 is 1. The Morgan fingerprint density at radius 3 is 2.38 bits per heavy atom. The second-order valence-corrected chi connectivity index (χ2v) is 5.75. The van der Waals surface area contributed by atoms with E-state index >= 15 is 0 Å². The molecule has 21 heavy (non-hydrogen) atoms. The van der Waals surface area contributed by atoms with Gasteiger partial charge >= 0.3 is 0 Å². The van der Waals surface area contributed by atoms with Gasteiger partial charge in [-0.2, -0.15) is 0 Å². The molecule has 0 saturated heterocycles. The lowest BCUT2D eigenvalue weighted by Crippen LogP contribution is -2.13. The summed E-state index contributed by atoms with van der Waals surface area (Å²) in [6.07, 6.45) is 1.97. The van der Waals surface area contributed by atoms with Crippen molar-refractivity contribution in [1.82, 2.24) is 0 Å². The van der Waals surface area contributed by atoms with Gasteiger partial charge in [0.15, 0.2) is 0 Å². The van der Waals surface area contributed by atoms with Crippen molar-refractivity contribution in [2.24, 2.45) is 5.73 Å². The summed E-state index contributed by atoms with van der Waals surface area (Å²) in [5, 5.41) is 0. The van der Waals surface area contributed by atoms with Gasteiger partial charge in [-0.1, -0.05) is 30.3 Å². The van der Waals surface area contributed by atoms with Crippen LogP contribution in [0.25, 0.3) is 0 Å². The highest BCUT2D eigenvalue weighted by atomic mass is 16.5. The van der Waals surface area contributed by atoms with Gasteiger partial charge in [-0.25, -0.2) is 0 Å². The molecule has 0 aliphatic rings. The van der Waals surface area contributed by atoms with E-state index < -0.39 is 0 Å². The maximum absolute atomic E-state index is 6.41. The van der Waals surface area contributed by atoms with Crippen LogP contribution < -0.4 is 10.5 Å². The molecule has 2 aromatic carbocycles. The average molecular weight is 283 g/mol. The van der Waals surface area contributed by atoms with E-state index in [0.29, 0.717) is 0 Å². The molecule has 0 amide bonds. The van der Waals surface area contributed by atoms with Gasteiger partial charge in [-0.3, -0.25) is 0 Å². The van der Waals surface area contributed by atoms with Crippen LogP contribution in [0.1, 0.15) is 40.3 Å². The normalized spacial score (nSPS) is 12.2. The number of hydrogen-bond acceptors (Lipinski definition) is 2. The number of nitrogens with two attached hydrogens (primary N) is 1. The maximum Gasteiger partial charge on any atom is 0.122 e. The minimum Gasteiger partial charge on any atom is -0.496 e. The topological polar surface area (TPSA) is 35.2 Å². The van der Waals surface area contributed by atoms with E-state index in [1.165, 1.54) is 22.3 Å². The Hall–Kier alpha value is -1.80. The molecule has 0 aliphatic heterocycles. The van der Waals surface area contributed by atoms with E-state index in [1.807, 2.05) is 0 Å². The fourth-order valence-corrected chi connectivity index (χ4v) is 2.79. The molecule has 0 spiro atoms. The Balaban J connectivity index is 2.12. The van der Waals surface area contributed by atoms with Crippen molar-refractivity contribution in [3.8, 4) is 5.75 Å². The standard InChI is InChI=1S/C19H25NO/c1-13-7-5-6-8-16(13)9-10-18(20)17-11-15(3)19(21-4)12-14(17)2/h5-8,11-12,18H,9-10,20H2,1-4H3. The monoisotopic (exact) mass is 283 g/mol. The first-order chi connectivity index (χ1) is 10.0. The molecule has 2 aromatic rings. The van der Waals surface area contributed by atoms with Crippen molar-refractivity contribution in [2.75, 3.05) is 7.11 Å². The van der Waals surface area contributed by atoms with E-state index in [1.54, 1.807) is 7.11 Å². The summed E-state index contributed by atoms with van der Waals surface area (Å²) < 4.78 is 5.36. The lowest BCUT2D eigenvalue weighted by Gasteiger charge is -2.18. The van der Waals surface area contributed by atoms with Gasteiger partial charge in [-0.15, -0.1) is 0 Å². The molecule has 2 N–H and O–H groups in total. The Morgan fingerprint density at radius 1 is 1.00 bits per heavy atom. The molecule has 112 valence electrons. The Morgan fingerprint density at radius 2 is 1.71 bits per heavy atom. The maximum atomic E-state index is 6.41. The zero-order valence-electron chi connectivity index (χ0n) is 13.4. The molecule has 0 heterocycles. The molecule has 1 atom stereocenters. The molecule has 1 unspecified atom stereocenters. The minimum atomic E-state index is 0.0641. The summed E-state index contributed by atoms with van der Waals surface area (Å²) in [6.45, 7) is 6.32. The third-order valence-corrected chi connectivity index (χ3v) is 4.17. The lowest BCUT2D eigenvalue weighted by atomic mass is 9.93. The third kappa shape index (κ3) is 3.64. The molecule has 2 heteroatoms. The highest BCUT2D eigenvalue weighted by molar-refractivity contribution is 5.42. The van der Waals surface area contributed by atoms with E-state index in [-0.39, 0.29) is 6.04 Å². The first-order valence-electron chi connectivity index (χ1n) is 7.48. The van der Waals surface area contributed by atoms with Crippen molar-refractivity contribution in [1.29, 1.82) is 0 Å². The Bertz CT molecular complexity index is 619. The smallest absolute Gasteiger partial charge is 0.122 e. The Labute approximate surface area is 127 Å². The van der Waals surface area contributed by atoms with Crippen molar-refractivity contribution in [2.45, 2.75) is 39.7 Å². The number of benzene rings is 2. The van der Waals surface area contributed by atoms with Crippen LogP contribution in [0.2, 0.25) is 0 Å². The Kier molecular flexibility index (Phi) is 5.03. The predicted octanol–water partition coefficient (Wildman–Crippen LogP) is 4.25.